The van der Waals surface area contributed by atoms with Crippen molar-refractivity contribution in [2.24, 2.45) is 5.73 Å². The summed E-state index contributed by atoms with van der Waals surface area (Å²) in [5.74, 6) is 0.266. The molecule has 6 heteroatoms. The number of nitrogens with two attached hydrogens (primary N) is 1. The zero-order valence-corrected chi connectivity index (χ0v) is 14.4. The minimum absolute atomic E-state index is 0.210. The number of aromatic nitrogens is 3. The van der Waals surface area contributed by atoms with Crippen molar-refractivity contribution < 1.29 is 4.79 Å². The molecule has 25 heavy (non-hydrogen) atoms. The molecule has 3 aromatic rings. The van der Waals surface area contributed by atoms with Crippen molar-refractivity contribution in [2.45, 2.75) is 26.7 Å². The van der Waals surface area contributed by atoms with Gasteiger partial charge >= 0.3 is 0 Å². The SMILES string of the molecule is CCCNc1ncc(-c2cc(C)c3ccc(CC(N)=O)cc3n2)cn1. The second kappa shape index (κ2) is 7.25. The van der Waals surface area contributed by atoms with Crippen molar-refractivity contribution in [3.63, 3.8) is 0 Å². The van der Waals surface area contributed by atoms with Gasteiger partial charge in [0.2, 0.25) is 11.9 Å². The highest BCUT2D eigenvalue weighted by atomic mass is 16.1. The number of amides is 1. The van der Waals surface area contributed by atoms with Crippen LogP contribution < -0.4 is 11.1 Å². The lowest BCUT2D eigenvalue weighted by molar-refractivity contribution is -0.117. The normalized spacial score (nSPS) is 10.8. The fourth-order valence-electron chi connectivity index (χ4n) is 2.70. The summed E-state index contributed by atoms with van der Waals surface area (Å²) in [6.45, 7) is 4.98. The van der Waals surface area contributed by atoms with Crippen LogP contribution in [0.4, 0.5) is 5.95 Å². The lowest BCUT2D eigenvalue weighted by Gasteiger charge is -2.09. The first kappa shape index (κ1) is 16.8. The van der Waals surface area contributed by atoms with Crippen molar-refractivity contribution in [3.8, 4) is 11.3 Å². The van der Waals surface area contributed by atoms with E-state index in [1.54, 1.807) is 12.4 Å². The second-order valence-corrected chi connectivity index (χ2v) is 6.04. The summed E-state index contributed by atoms with van der Waals surface area (Å²) in [7, 11) is 0. The molecule has 0 fully saturated rings. The van der Waals surface area contributed by atoms with Crippen molar-refractivity contribution in [1.82, 2.24) is 15.0 Å². The van der Waals surface area contributed by atoms with Crippen molar-refractivity contribution >= 4 is 22.8 Å². The van der Waals surface area contributed by atoms with Crippen LogP contribution in [0, 0.1) is 6.92 Å². The fraction of sp³-hybridized carbons (Fsp3) is 0.263. The van der Waals surface area contributed by atoms with Gasteiger partial charge in [0.1, 0.15) is 0 Å². The summed E-state index contributed by atoms with van der Waals surface area (Å²) in [5, 5.41) is 4.21. The molecule has 0 aliphatic heterocycles. The van der Waals surface area contributed by atoms with E-state index in [-0.39, 0.29) is 12.3 Å². The van der Waals surface area contributed by atoms with Gasteiger partial charge in [-0.15, -0.1) is 0 Å². The molecule has 1 aromatic carbocycles. The number of carbonyl (C=O) groups excluding carboxylic acids is 1. The lowest BCUT2D eigenvalue weighted by atomic mass is 10.0. The van der Waals surface area contributed by atoms with Gasteiger partial charge in [-0.25, -0.2) is 15.0 Å². The van der Waals surface area contributed by atoms with E-state index in [9.17, 15) is 4.79 Å². The number of aryl methyl sites for hydroxylation is 1. The zero-order valence-electron chi connectivity index (χ0n) is 14.4. The third-order valence-electron chi connectivity index (χ3n) is 3.94. The van der Waals surface area contributed by atoms with Crippen LogP contribution in [0.2, 0.25) is 0 Å². The van der Waals surface area contributed by atoms with Gasteiger partial charge in [-0.3, -0.25) is 4.79 Å². The number of hydrogen-bond acceptors (Lipinski definition) is 5. The molecular formula is C19H21N5O. The molecule has 6 nitrogen and oxygen atoms in total. The topological polar surface area (TPSA) is 93.8 Å². The second-order valence-electron chi connectivity index (χ2n) is 6.04. The number of pyridine rings is 1. The average Bonchev–Trinajstić information content (AvgIpc) is 2.59. The minimum atomic E-state index is -0.351. The van der Waals surface area contributed by atoms with E-state index in [4.69, 9.17) is 10.7 Å². The Bertz CT molecular complexity index is 906. The van der Waals surface area contributed by atoms with E-state index in [1.807, 2.05) is 31.2 Å². The number of fused-ring (bicyclic) bond motifs is 1. The predicted molar refractivity (Wildman–Crippen MR) is 99.2 cm³/mol. The standard InChI is InChI=1S/C19H21N5O/c1-3-6-21-19-22-10-14(11-23-19)16-7-12(2)15-5-4-13(9-18(20)25)8-17(15)24-16/h4-5,7-8,10-11H,3,6,9H2,1-2H3,(H2,20,25)(H,21,22,23). The average molecular weight is 335 g/mol. The van der Waals surface area contributed by atoms with Crippen LogP contribution >= 0.6 is 0 Å². The Morgan fingerprint density at radius 3 is 2.64 bits per heavy atom. The highest BCUT2D eigenvalue weighted by Crippen LogP contribution is 2.25. The van der Waals surface area contributed by atoms with Crippen molar-refractivity contribution in [3.05, 3.63) is 47.8 Å². The number of carbonyl (C=O) groups is 1. The van der Waals surface area contributed by atoms with Gasteiger partial charge in [-0.2, -0.15) is 0 Å². The fourth-order valence-corrected chi connectivity index (χ4v) is 2.70. The van der Waals surface area contributed by atoms with Crippen molar-refractivity contribution in [1.29, 1.82) is 0 Å². The lowest BCUT2D eigenvalue weighted by Crippen LogP contribution is -2.13. The van der Waals surface area contributed by atoms with E-state index in [1.165, 1.54) is 0 Å². The van der Waals surface area contributed by atoms with Crippen LogP contribution in [0.3, 0.4) is 0 Å². The third kappa shape index (κ3) is 3.91. The first-order valence-electron chi connectivity index (χ1n) is 8.31. The number of primary amides is 1. The minimum Gasteiger partial charge on any atom is -0.369 e. The maximum Gasteiger partial charge on any atom is 0.222 e. The Kier molecular flexibility index (Phi) is 4.88. The Balaban J connectivity index is 1.96. The number of nitrogens with zero attached hydrogens (tertiary/aromatic N) is 3. The van der Waals surface area contributed by atoms with Crippen LogP contribution in [-0.2, 0) is 11.2 Å². The van der Waals surface area contributed by atoms with Gasteiger partial charge in [0, 0.05) is 29.9 Å². The summed E-state index contributed by atoms with van der Waals surface area (Å²) < 4.78 is 0. The molecule has 0 saturated carbocycles. The third-order valence-corrected chi connectivity index (χ3v) is 3.94. The molecule has 3 rings (SSSR count). The van der Waals surface area contributed by atoms with Gasteiger partial charge in [0.05, 0.1) is 17.6 Å². The molecule has 0 saturated heterocycles. The quantitative estimate of drug-likeness (QED) is 0.722. The summed E-state index contributed by atoms with van der Waals surface area (Å²) >= 11 is 0. The molecule has 2 aromatic heterocycles. The van der Waals surface area contributed by atoms with Crippen LogP contribution in [0.5, 0.6) is 0 Å². The van der Waals surface area contributed by atoms with Crippen molar-refractivity contribution in [2.75, 3.05) is 11.9 Å². The highest BCUT2D eigenvalue weighted by molar-refractivity contribution is 5.86. The zero-order chi connectivity index (χ0) is 17.8. The summed E-state index contributed by atoms with van der Waals surface area (Å²) in [5.41, 5.74) is 9.75. The number of nitrogens with one attached hydrogen (secondary N) is 1. The molecule has 0 atom stereocenters. The van der Waals surface area contributed by atoms with Gasteiger partial charge in [-0.05, 0) is 36.6 Å². The van der Waals surface area contributed by atoms with E-state index < -0.39 is 0 Å². The molecule has 0 radical (unpaired) electrons. The van der Waals surface area contributed by atoms with E-state index in [2.05, 4.69) is 22.2 Å². The van der Waals surface area contributed by atoms with E-state index >= 15 is 0 Å². The monoisotopic (exact) mass is 335 g/mol. The molecule has 1 amide bonds. The maximum atomic E-state index is 11.1. The first-order valence-corrected chi connectivity index (χ1v) is 8.31. The van der Waals surface area contributed by atoms with Gasteiger partial charge in [0.15, 0.2) is 0 Å². The van der Waals surface area contributed by atoms with Crippen LogP contribution in [0.1, 0.15) is 24.5 Å². The Hall–Kier alpha value is -3.02. The molecule has 3 N–H and O–H groups in total. The van der Waals surface area contributed by atoms with Crippen LogP contribution in [-0.4, -0.2) is 27.4 Å². The molecule has 128 valence electrons. The van der Waals surface area contributed by atoms with E-state index in [0.29, 0.717) is 5.95 Å². The Morgan fingerprint density at radius 2 is 1.96 bits per heavy atom. The summed E-state index contributed by atoms with van der Waals surface area (Å²) in [4.78, 5) is 24.5. The first-order chi connectivity index (χ1) is 12.1. The smallest absolute Gasteiger partial charge is 0.222 e. The predicted octanol–water partition coefficient (Wildman–Crippen LogP) is 2.85. The molecule has 0 aliphatic rings. The summed E-state index contributed by atoms with van der Waals surface area (Å²) in [6.07, 6.45) is 4.77. The summed E-state index contributed by atoms with van der Waals surface area (Å²) in [6, 6.07) is 7.83. The van der Waals surface area contributed by atoms with Gasteiger partial charge in [0.25, 0.3) is 0 Å². The van der Waals surface area contributed by atoms with E-state index in [0.717, 1.165) is 46.3 Å². The Morgan fingerprint density at radius 1 is 1.20 bits per heavy atom. The molecule has 0 spiro atoms. The van der Waals surface area contributed by atoms with Gasteiger partial charge in [-0.1, -0.05) is 19.1 Å². The number of anilines is 1. The maximum absolute atomic E-state index is 11.1. The number of rotatable bonds is 6. The van der Waals surface area contributed by atoms with Gasteiger partial charge < -0.3 is 11.1 Å². The molecule has 0 aliphatic carbocycles. The van der Waals surface area contributed by atoms with Crippen LogP contribution in [0.15, 0.2) is 36.7 Å². The molecule has 2 heterocycles. The number of benzene rings is 1. The molecular weight excluding hydrogens is 314 g/mol. The molecule has 0 unspecified atom stereocenters. The van der Waals surface area contributed by atoms with Crippen LogP contribution in [0.25, 0.3) is 22.2 Å². The highest BCUT2D eigenvalue weighted by Gasteiger charge is 2.08. The number of hydrogen-bond donors (Lipinski definition) is 2. The Labute approximate surface area is 146 Å². The molecule has 0 bridgehead atoms. The largest absolute Gasteiger partial charge is 0.369 e.